The molecule has 0 saturated carbocycles. The second kappa shape index (κ2) is 7.83. The number of nitrogens with zero attached hydrogens (tertiary/aromatic N) is 3. The molecule has 0 aliphatic carbocycles. The van der Waals surface area contributed by atoms with Crippen molar-refractivity contribution in [2.45, 2.75) is 0 Å². The molecule has 0 aliphatic heterocycles. The Morgan fingerprint density at radius 1 is 1.28 bits per heavy atom. The summed E-state index contributed by atoms with van der Waals surface area (Å²) in [7, 11) is 0. The highest BCUT2D eigenvalue weighted by molar-refractivity contribution is 6.46. The lowest BCUT2D eigenvalue weighted by Gasteiger charge is -2.07. The summed E-state index contributed by atoms with van der Waals surface area (Å²) in [6, 6.07) is 4.01. The van der Waals surface area contributed by atoms with Gasteiger partial charge in [0, 0.05) is 11.6 Å². The predicted octanol–water partition coefficient (Wildman–Crippen LogP) is 3.95. The van der Waals surface area contributed by atoms with E-state index in [2.05, 4.69) is 15.5 Å². The van der Waals surface area contributed by atoms with Gasteiger partial charge in [0.25, 0.3) is 11.6 Å². The number of pyridine rings is 1. The van der Waals surface area contributed by atoms with Gasteiger partial charge in [0.2, 0.25) is 0 Å². The average Bonchev–Trinajstić information content (AvgIpc) is 2.57. The molecule has 1 heterocycles. The Bertz CT molecular complexity index is 904. The highest BCUT2D eigenvalue weighted by atomic mass is 35.5. The fourth-order valence-corrected chi connectivity index (χ4v) is 2.43. The average molecular weight is 423 g/mol. The number of carbonyl (C=O) groups excluding carboxylic acids is 1. The molecule has 0 atom stereocenters. The Morgan fingerprint density at radius 3 is 2.60 bits per heavy atom. The molecule has 2 rings (SSSR count). The Labute approximate surface area is 160 Å². The van der Waals surface area contributed by atoms with Crippen molar-refractivity contribution in [3.8, 4) is 0 Å². The van der Waals surface area contributed by atoms with Crippen LogP contribution in [0.25, 0.3) is 0 Å². The van der Waals surface area contributed by atoms with Crippen LogP contribution < -0.4 is 11.2 Å². The van der Waals surface area contributed by atoms with Crippen LogP contribution in [0, 0.1) is 10.1 Å². The summed E-state index contributed by atoms with van der Waals surface area (Å²) in [5, 5.41) is 14.0. The molecular weight excluding hydrogens is 416 g/mol. The molecule has 2 aromatic rings. The van der Waals surface area contributed by atoms with Gasteiger partial charge in [0.1, 0.15) is 10.0 Å². The number of rotatable bonds is 4. The van der Waals surface area contributed by atoms with Crippen LogP contribution >= 0.6 is 46.4 Å². The fourth-order valence-electron chi connectivity index (χ4n) is 1.65. The second-order valence-electron chi connectivity index (χ2n) is 4.46. The van der Waals surface area contributed by atoms with Gasteiger partial charge >= 0.3 is 0 Å². The first-order valence-electron chi connectivity index (χ1n) is 6.29. The second-order valence-corrected chi connectivity index (χ2v) is 5.98. The highest BCUT2D eigenvalue weighted by Gasteiger charge is 2.19. The number of nitrogens with one attached hydrogen (secondary N) is 1. The molecule has 1 aromatic heterocycles. The summed E-state index contributed by atoms with van der Waals surface area (Å²) >= 11 is 23.1. The van der Waals surface area contributed by atoms with E-state index in [4.69, 9.17) is 52.1 Å². The zero-order valence-corrected chi connectivity index (χ0v) is 15.0. The van der Waals surface area contributed by atoms with Crippen molar-refractivity contribution in [1.82, 2.24) is 10.4 Å². The number of anilines is 1. The van der Waals surface area contributed by atoms with Gasteiger partial charge in [-0.25, -0.2) is 10.4 Å². The number of nitro groups is 1. The largest absolute Gasteiger partial charge is 0.396 e. The lowest BCUT2D eigenvalue weighted by Crippen LogP contribution is -2.20. The highest BCUT2D eigenvalue weighted by Crippen LogP contribution is 2.34. The van der Waals surface area contributed by atoms with Crippen LogP contribution in [-0.4, -0.2) is 22.0 Å². The van der Waals surface area contributed by atoms with E-state index in [-0.39, 0.29) is 37.3 Å². The number of amides is 1. The predicted molar refractivity (Wildman–Crippen MR) is 96.8 cm³/mol. The third-order valence-corrected chi connectivity index (χ3v) is 4.29. The molecule has 0 fully saturated rings. The van der Waals surface area contributed by atoms with Crippen molar-refractivity contribution >= 4 is 69.9 Å². The topological polar surface area (TPSA) is 124 Å². The third kappa shape index (κ3) is 4.29. The Balaban J connectivity index is 2.19. The van der Waals surface area contributed by atoms with Crippen LogP contribution in [0.15, 0.2) is 23.3 Å². The standard InChI is InChI=1S/C13H7Cl4N5O3/c14-6-2-1-5(3-7(6)22(24)25)4-19-21-13(23)11-8(15)10(18)9(16)12(17)20-11/h1-4H,(H2,18,20)(H,21,23)/b19-4-. The molecule has 0 spiro atoms. The van der Waals surface area contributed by atoms with Crippen LogP contribution in [0.3, 0.4) is 0 Å². The van der Waals surface area contributed by atoms with E-state index in [1.807, 2.05) is 0 Å². The number of hydrazone groups is 1. The first kappa shape index (κ1) is 19.2. The van der Waals surface area contributed by atoms with Gasteiger partial charge in [-0.05, 0) is 6.07 Å². The number of hydrogen-bond donors (Lipinski definition) is 2. The fraction of sp³-hybridized carbons (Fsp3) is 0. The van der Waals surface area contributed by atoms with Gasteiger partial charge in [-0.2, -0.15) is 5.10 Å². The molecule has 1 aromatic carbocycles. The van der Waals surface area contributed by atoms with Crippen molar-refractivity contribution in [2.75, 3.05) is 5.73 Å². The third-order valence-electron chi connectivity index (χ3n) is 2.83. The van der Waals surface area contributed by atoms with E-state index >= 15 is 0 Å². The molecule has 0 saturated heterocycles. The van der Waals surface area contributed by atoms with E-state index in [1.165, 1.54) is 24.4 Å². The maximum Gasteiger partial charge on any atom is 0.291 e. The van der Waals surface area contributed by atoms with Crippen LogP contribution in [0.2, 0.25) is 20.2 Å². The minimum Gasteiger partial charge on any atom is -0.396 e. The van der Waals surface area contributed by atoms with E-state index in [1.54, 1.807) is 0 Å². The molecule has 1 amide bonds. The van der Waals surface area contributed by atoms with Crippen molar-refractivity contribution in [2.24, 2.45) is 5.10 Å². The number of nitro benzene ring substituents is 1. The summed E-state index contributed by atoms with van der Waals surface area (Å²) in [5.41, 5.74) is 7.45. The number of nitrogen functional groups attached to an aromatic ring is 1. The summed E-state index contributed by atoms with van der Waals surface area (Å²) in [4.78, 5) is 26.0. The first-order valence-corrected chi connectivity index (χ1v) is 7.81. The number of halogens is 4. The van der Waals surface area contributed by atoms with E-state index in [0.717, 1.165) is 0 Å². The van der Waals surface area contributed by atoms with Crippen LogP contribution in [0.4, 0.5) is 11.4 Å². The minimum atomic E-state index is -0.796. The molecular formula is C13H7Cl4N5O3. The van der Waals surface area contributed by atoms with Crippen molar-refractivity contribution in [3.05, 3.63) is 59.8 Å². The van der Waals surface area contributed by atoms with E-state index in [0.29, 0.717) is 5.56 Å². The number of aromatic nitrogens is 1. The van der Waals surface area contributed by atoms with E-state index in [9.17, 15) is 14.9 Å². The molecule has 0 radical (unpaired) electrons. The summed E-state index contributed by atoms with van der Waals surface area (Å²) in [6.45, 7) is 0. The number of carbonyl (C=O) groups is 1. The van der Waals surface area contributed by atoms with Crippen LogP contribution in [0.5, 0.6) is 0 Å². The Hall–Kier alpha value is -2.13. The number of nitrogens with two attached hydrogens (primary N) is 1. The minimum absolute atomic E-state index is 0.0200. The van der Waals surface area contributed by atoms with Crippen molar-refractivity contribution < 1.29 is 9.72 Å². The molecule has 3 N–H and O–H groups in total. The summed E-state index contributed by atoms with van der Waals surface area (Å²) in [6.07, 6.45) is 1.18. The molecule has 0 unspecified atom stereocenters. The lowest BCUT2D eigenvalue weighted by atomic mass is 10.2. The number of hydrogen-bond acceptors (Lipinski definition) is 6. The van der Waals surface area contributed by atoms with E-state index < -0.39 is 10.8 Å². The van der Waals surface area contributed by atoms with Gasteiger partial charge in [0.05, 0.1) is 21.8 Å². The quantitative estimate of drug-likeness (QED) is 0.334. The van der Waals surface area contributed by atoms with Gasteiger partial charge in [-0.3, -0.25) is 14.9 Å². The van der Waals surface area contributed by atoms with Gasteiger partial charge in [0.15, 0.2) is 10.8 Å². The van der Waals surface area contributed by atoms with Gasteiger partial charge < -0.3 is 5.73 Å². The van der Waals surface area contributed by atoms with Gasteiger partial charge in [-0.15, -0.1) is 0 Å². The SMILES string of the molecule is Nc1c(Cl)c(Cl)nc(C(=O)N/N=C\c2ccc(Cl)c([N+](=O)[O-])c2)c1Cl. The number of benzene rings is 1. The van der Waals surface area contributed by atoms with Crippen molar-refractivity contribution in [1.29, 1.82) is 0 Å². The lowest BCUT2D eigenvalue weighted by molar-refractivity contribution is -0.384. The zero-order valence-electron chi connectivity index (χ0n) is 12.0. The molecule has 12 heteroatoms. The molecule has 25 heavy (non-hydrogen) atoms. The monoisotopic (exact) mass is 421 g/mol. The zero-order chi connectivity index (χ0) is 18.7. The molecule has 8 nitrogen and oxygen atoms in total. The van der Waals surface area contributed by atoms with Crippen LogP contribution in [0.1, 0.15) is 16.1 Å². The van der Waals surface area contributed by atoms with Gasteiger partial charge in [-0.1, -0.05) is 52.5 Å². The van der Waals surface area contributed by atoms with Crippen LogP contribution in [-0.2, 0) is 0 Å². The molecule has 0 bridgehead atoms. The Morgan fingerprint density at radius 2 is 1.96 bits per heavy atom. The Kier molecular flexibility index (Phi) is 6.02. The maximum absolute atomic E-state index is 12.0. The molecule has 130 valence electrons. The van der Waals surface area contributed by atoms with Crippen molar-refractivity contribution in [3.63, 3.8) is 0 Å². The summed E-state index contributed by atoms with van der Waals surface area (Å²) in [5.74, 6) is -0.796. The first-order chi connectivity index (χ1) is 11.7. The molecule has 0 aliphatic rings. The summed E-state index contributed by atoms with van der Waals surface area (Å²) < 4.78 is 0. The maximum atomic E-state index is 12.0. The smallest absolute Gasteiger partial charge is 0.291 e. The normalized spacial score (nSPS) is 10.9.